The van der Waals surface area contributed by atoms with E-state index in [1.165, 1.54) is 13.2 Å². The third-order valence-corrected chi connectivity index (χ3v) is 4.09. The summed E-state index contributed by atoms with van der Waals surface area (Å²) in [5.41, 5.74) is 1.39. The number of carbonyl (C=O) groups is 2. The smallest absolute Gasteiger partial charge is 0.258 e. The van der Waals surface area contributed by atoms with E-state index in [9.17, 15) is 9.59 Å². The monoisotopic (exact) mass is 390 g/mol. The van der Waals surface area contributed by atoms with Crippen LogP contribution in [0.2, 0.25) is 5.02 Å². The van der Waals surface area contributed by atoms with E-state index in [-0.39, 0.29) is 31.5 Å². The Balaban J connectivity index is 1.74. The van der Waals surface area contributed by atoms with Crippen molar-refractivity contribution >= 4 is 23.4 Å². The molecule has 0 heterocycles. The van der Waals surface area contributed by atoms with Crippen molar-refractivity contribution in [2.75, 3.05) is 26.8 Å². The fraction of sp³-hybridized carbons (Fsp3) is 0.300. The average Bonchev–Trinajstić information content (AvgIpc) is 2.69. The van der Waals surface area contributed by atoms with Crippen molar-refractivity contribution in [3.63, 3.8) is 0 Å². The first-order valence-electron chi connectivity index (χ1n) is 8.64. The first-order valence-corrected chi connectivity index (χ1v) is 9.02. The quantitative estimate of drug-likeness (QED) is 0.645. The number of rotatable bonds is 9. The first kappa shape index (κ1) is 20.6. The Morgan fingerprint density at radius 1 is 1.04 bits per heavy atom. The van der Waals surface area contributed by atoms with Gasteiger partial charge < -0.3 is 20.1 Å². The summed E-state index contributed by atoms with van der Waals surface area (Å²) in [6.07, 6.45) is 0.830. The van der Waals surface area contributed by atoms with Crippen LogP contribution in [0.1, 0.15) is 22.8 Å². The minimum atomic E-state index is -0.322. The average molecular weight is 391 g/mol. The number of methoxy groups -OCH3 is 1. The molecule has 0 radical (unpaired) electrons. The molecule has 0 aliphatic rings. The second-order valence-corrected chi connectivity index (χ2v) is 6.14. The molecule has 0 aliphatic carbocycles. The van der Waals surface area contributed by atoms with E-state index in [1.807, 2.05) is 31.2 Å². The molecule has 27 heavy (non-hydrogen) atoms. The summed E-state index contributed by atoms with van der Waals surface area (Å²) in [4.78, 5) is 24.1. The maximum Gasteiger partial charge on any atom is 0.258 e. The van der Waals surface area contributed by atoms with Gasteiger partial charge in [-0.05, 0) is 36.2 Å². The number of carbonyl (C=O) groups excluding carboxylic acids is 2. The molecule has 0 aromatic heterocycles. The van der Waals surface area contributed by atoms with Gasteiger partial charge >= 0.3 is 0 Å². The summed E-state index contributed by atoms with van der Waals surface area (Å²) in [5, 5.41) is 5.86. The molecule has 0 bridgehead atoms. The summed E-state index contributed by atoms with van der Waals surface area (Å²) >= 11 is 5.92. The molecule has 6 nitrogen and oxygen atoms in total. The number of hydrogen-bond donors (Lipinski definition) is 2. The van der Waals surface area contributed by atoms with Gasteiger partial charge in [0.25, 0.3) is 11.8 Å². The van der Waals surface area contributed by atoms with Crippen LogP contribution in [-0.2, 0) is 11.2 Å². The van der Waals surface area contributed by atoms with E-state index in [0.717, 1.165) is 12.0 Å². The Kier molecular flexibility index (Phi) is 7.95. The molecule has 2 amide bonds. The normalized spacial score (nSPS) is 10.2. The fourth-order valence-corrected chi connectivity index (χ4v) is 2.63. The van der Waals surface area contributed by atoms with Gasteiger partial charge in [-0.15, -0.1) is 0 Å². The molecule has 0 saturated carbocycles. The van der Waals surface area contributed by atoms with Gasteiger partial charge in [-0.3, -0.25) is 9.59 Å². The van der Waals surface area contributed by atoms with E-state index < -0.39 is 0 Å². The SMILES string of the molecule is CCc1ccccc1OCC(=O)NCCNC(=O)c1cc(Cl)ccc1OC. The molecule has 0 atom stereocenters. The van der Waals surface area contributed by atoms with Gasteiger partial charge in [-0.25, -0.2) is 0 Å². The van der Waals surface area contributed by atoms with Crippen molar-refractivity contribution in [1.29, 1.82) is 0 Å². The zero-order valence-electron chi connectivity index (χ0n) is 15.4. The van der Waals surface area contributed by atoms with Gasteiger partial charge in [-0.1, -0.05) is 36.7 Å². The van der Waals surface area contributed by atoms with Crippen LogP contribution in [0.15, 0.2) is 42.5 Å². The molecule has 7 heteroatoms. The molecule has 2 aromatic rings. The third-order valence-electron chi connectivity index (χ3n) is 3.85. The Morgan fingerprint density at radius 2 is 1.78 bits per heavy atom. The lowest BCUT2D eigenvalue weighted by Gasteiger charge is -2.12. The van der Waals surface area contributed by atoms with Crippen LogP contribution in [0.25, 0.3) is 0 Å². The Bertz CT molecular complexity index is 795. The molecular formula is C20H23ClN2O4. The van der Waals surface area contributed by atoms with Crippen molar-refractivity contribution in [3.8, 4) is 11.5 Å². The number of nitrogens with one attached hydrogen (secondary N) is 2. The number of aryl methyl sites for hydroxylation is 1. The van der Waals surface area contributed by atoms with Crippen LogP contribution in [0, 0.1) is 0 Å². The molecule has 0 aliphatic heterocycles. The van der Waals surface area contributed by atoms with Gasteiger partial charge in [0.2, 0.25) is 0 Å². The maximum atomic E-state index is 12.2. The zero-order chi connectivity index (χ0) is 19.6. The second-order valence-electron chi connectivity index (χ2n) is 5.70. The van der Waals surface area contributed by atoms with Crippen LogP contribution >= 0.6 is 11.6 Å². The number of hydrogen-bond acceptors (Lipinski definition) is 4. The highest BCUT2D eigenvalue weighted by Gasteiger charge is 2.12. The summed E-state index contributed by atoms with van der Waals surface area (Å²) in [6, 6.07) is 12.4. The lowest BCUT2D eigenvalue weighted by molar-refractivity contribution is -0.123. The van der Waals surface area contributed by atoms with Crippen molar-refractivity contribution in [2.24, 2.45) is 0 Å². The van der Waals surface area contributed by atoms with E-state index in [4.69, 9.17) is 21.1 Å². The minimum absolute atomic E-state index is 0.0763. The summed E-state index contributed by atoms with van der Waals surface area (Å²) in [7, 11) is 1.48. The van der Waals surface area contributed by atoms with E-state index in [1.54, 1.807) is 12.1 Å². The summed E-state index contributed by atoms with van der Waals surface area (Å²) in [6.45, 7) is 2.50. The molecular weight excluding hydrogens is 368 g/mol. The number of para-hydroxylation sites is 1. The van der Waals surface area contributed by atoms with Crippen LogP contribution in [0.4, 0.5) is 0 Å². The molecule has 0 saturated heterocycles. The number of ether oxygens (including phenoxy) is 2. The predicted molar refractivity (Wildman–Crippen MR) is 105 cm³/mol. The van der Waals surface area contributed by atoms with Gasteiger partial charge in [0.1, 0.15) is 11.5 Å². The Morgan fingerprint density at radius 3 is 2.52 bits per heavy atom. The van der Waals surface area contributed by atoms with Crippen molar-refractivity contribution in [1.82, 2.24) is 10.6 Å². The molecule has 0 fully saturated rings. The summed E-state index contributed by atoms with van der Waals surface area (Å²) < 4.78 is 10.7. The van der Waals surface area contributed by atoms with Crippen LogP contribution in [0.3, 0.4) is 0 Å². The second kappa shape index (κ2) is 10.4. The van der Waals surface area contributed by atoms with Crippen LogP contribution in [-0.4, -0.2) is 38.6 Å². The number of amides is 2. The molecule has 0 unspecified atom stereocenters. The number of benzene rings is 2. The Hall–Kier alpha value is -2.73. The topological polar surface area (TPSA) is 76.7 Å². The van der Waals surface area contributed by atoms with Crippen LogP contribution in [0.5, 0.6) is 11.5 Å². The van der Waals surface area contributed by atoms with Crippen molar-refractivity contribution < 1.29 is 19.1 Å². The third kappa shape index (κ3) is 6.18. The summed E-state index contributed by atoms with van der Waals surface area (Å²) in [5.74, 6) is 0.563. The van der Waals surface area contributed by atoms with Gasteiger partial charge in [0, 0.05) is 18.1 Å². The lowest BCUT2D eigenvalue weighted by atomic mass is 10.1. The number of halogens is 1. The highest BCUT2D eigenvalue weighted by molar-refractivity contribution is 6.31. The van der Waals surface area contributed by atoms with E-state index in [2.05, 4.69) is 10.6 Å². The molecule has 144 valence electrons. The van der Waals surface area contributed by atoms with Gasteiger partial charge in [0.15, 0.2) is 6.61 Å². The van der Waals surface area contributed by atoms with Crippen molar-refractivity contribution in [2.45, 2.75) is 13.3 Å². The van der Waals surface area contributed by atoms with Gasteiger partial charge in [-0.2, -0.15) is 0 Å². The molecule has 2 aromatic carbocycles. The van der Waals surface area contributed by atoms with Gasteiger partial charge in [0.05, 0.1) is 12.7 Å². The lowest BCUT2D eigenvalue weighted by Crippen LogP contribution is -2.36. The highest BCUT2D eigenvalue weighted by Crippen LogP contribution is 2.22. The Labute approximate surface area is 163 Å². The molecule has 2 rings (SSSR count). The predicted octanol–water partition coefficient (Wildman–Crippen LogP) is 2.84. The molecule has 2 N–H and O–H groups in total. The minimum Gasteiger partial charge on any atom is -0.496 e. The molecule has 0 spiro atoms. The van der Waals surface area contributed by atoms with Crippen molar-refractivity contribution in [3.05, 3.63) is 58.6 Å². The van der Waals surface area contributed by atoms with Crippen LogP contribution < -0.4 is 20.1 Å². The largest absolute Gasteiger partial charge is 0.496 e. The highest BCUT2D eigenvalue weighted by atomic mass is 35.5. The first-order chi connectivity index (χ1) is 13.0. The standard InChI is InChI=1S/C20H23ClN2O4/c1-3-14-6-4-5-7-17(14)27-13-19(24)22-10-11-23-20(25)16-12-15(21)8-9-18(16)26-2/h4-9,12H,3,10-11,13H2,1-2H3,(H,22,24)(H,23,25). The zero-order valence-corrected chi connectivity index (χ0v) is 16.1. The fourth-order valence-electron chi connectivity index (χ4n) is 2.46. The van der Waals surface area contributed by atoms with E-state index in [0.29, 0.717) is 22.1 Å². The maximum absolute atomic E-state index is 12.2. The van der Waals surface area contributed by atoms with E-state index >= 15 is 0 Å².